The van der Waals surface area contributed by atoms with E-state index < -0.39 is 29.5 Å². The lowest BCUT2D eigenvalue weighted by atomic mass is 10.0. The quantitative estimate of drug-likeness (QED) is 0.337. The standard InChI is InChI=1S/C16H17FN2O4S.C2HF3O2/c1-8-13-10(9-2-3-9)6-11(16(21)22)15(20)19(13)7-12(17)14(8)23-4-5-24-18;3-2(4,5)1(6)7/h6-7,9H,2-5,18H2,1H3,(H,21,22);(H,6,7). The van der Waals surface area contributed by atoms with Crippen LogP contribution in [-0.4, -0.2) is 45.1 Å². The fourth-order valence-corrected chi connectivity index (χ4v) is 3.04. The van der Waals surface area contributed by atoms with Crippen molar-refractivity contribution in [1.82, 2.24) is 4.40 Å². The van der Waals surface area contributed by atoms with Crippen LogP contribution in [0.25, 0.3) is 5.52 Å². The zero-order valence-electron chi connectivity index (χ0n) is 16.0. The number of nitrogens with zero attached hydrogens (tertiary/aromatic N) is 1. The Bertz CT molecular complexity index is 1070. The second kappa shape index (κ2) is 9.56. The molecule has 0 amide bonds. The fourth-order valence-electron chi connectivity index (χ4n) is 2.86. The molecule has 8 nitrogen and oxygen atoms in total. The van der Waals surface area contributed by atoms with Crippen LogP contribution in [0.2, 0.25) is 0 Å². The molecule has 2 heterocycles. The Morgan fingerprint density at radius 2 is 1.90 bits per heavy atom. The first-order valence-electron chi connectivity index (χ1n) is 8.76. The number of alkyl halides is 3. The van der Waals surface area contributed by atoms with E-state index in [-0.39, 0.29) is 23.8 Å². The van der Waals surface area contributed by atoms with E-state index in [2.05, 4.69) is 0 Å². The molecule has 31 heavy (non-hydrogen) atoms. The summed E-state index contributed by atoms with van der Waals surface area (Å²) in [5.74, 6) is -4.00. The number of fused-ring (bicyclic) bond motifs is 1. The number of hydrogen-bond acceptors (Lipinski definition) is 6. The highest BCUT2D eigenvalue weighted by Gasteiger charge is 2.38. The molecule has 1 aliphatic carbocycles. The number of ether oxygens (including phenoxy) is 1. The van der Waals surface area contributed by atoms with Crippen LogP contribution in [0.4, 0.5) is 17.6 Å². The molecule has 13 heteroatoms. The van der Waals surface area contributed by atoms with E-state index >= 15 is 0 Å². The molecule has 4 N–H and O–H groups in total. The molecule has 3 rings (SSSR count). The van der Waals surface area contributed by atoms with Gasteiger partial charge in [-0.3, -0.25) is 14.3 Å². The number of aromatic carboxylic acids is 1. The summed E-state index contributed by atoms with van der Waals surface area (Å²) in [7, 11) is 0. The van der Waals surface area contributed by atoms with Crippen molar-refractivity contribution in [1.29, 1.82) is 0 Å². The van der Waals surface area contributed by atoms with Crippen molar-refractivity contribution in [3.05, 3.63) is 45.1 Å². The summed E-state index contributed by atoms with van der Waals surface area (Å²) < 4.78 is 52.7. The lowest BCUT2D eigenvalue weighted by Crippen LogP contribution is -2.24. The molecule has 0 aromatic carbocycles. The smallest absolute Gasteiger partial charge is 0.489 e. The number of rotatable bonds is 6. The molecule has 2 aromatic rings. The summed E-state index contributed by atoms with van der Waals surface area (Å²) in [6, 6.07) is 1.42. The van der Waals surface area contributed by atoms with Gasteiger partial charge in [-0.2, -0.15) is 13.2 Å². The molecule has 0 unspecified atom stereocenters. The summed E-state index contributed by atoms with van der Waals surface area (Å²) in [6.45, 7) is 1.92. The molecule has 170 valence electrons. The second-order valence-corrected chi connectivity index (χ2v) is 7.31. The van der Waals surface area contributed by atoms with E-state index in [0.717, 1.165) is 41.0 Å². The predicted octanol–water partition coefficient (Wildman–Crippen LogP) is 2.94. The number of nitrogens with two attached hydrogens (primary N) is 1. The van der Waals surface area contributed by atoms with E-state index in [1.807, 2.05) is 0 Å². The zero-order chi connectivity index (χ0) is 23.5. The molecule has 0 bridgehead atoms. The first kappa shape index (κ1) is 24.5. The molecule has 0 spiro atoms. The molecule has 1 fully saturated rings. The van der Waals surface area contributed by atoms with Gasteiger partial charge in [-0.15, -0.1) is 0 Å². The Hall–Kier alpha value is -2.80. The second-order valence-electron chi connectivity index (χ2n) is 6.57. The minimum absolute atomic E-state index is 0.0772. The third kappa shape index (κ3) is 5.67. The highest BCUT2D eigenvalue weighted by atomic mass is 32.2. The van der Waals surface area contributed by atoms with Crippen molar-refractivity contribution in [2.45, 2.75) is 31.9 Å². The van der Waals surface area contributed by atoms with Crippen LogP contribution in [0.3, 0.4) is 0 Å². The monoisotopic (exact) mass is 466 g/mol. The molecular weight excluding hydrogens is 448 g/mol. The largest absolute Gasteiger partial charge is 0.490 e. The number of carboxylic acids is 2. The van der Waals surface area contributed by atoms with Gasteiger partial charge < -0.3 is 14.9 Å². The minimum atomic E-state index is -5.08. The lowest BCUT2D eigenvalue weighted by Gasteiger charge is -2.16. The van der Waals surface area contributed by atoms with Gasteiger partial charge in [0.25, 0.3) is 5.56 Å². The highest BCUT2D eigenvalue weighted by Crippen LogP contribution is 2.43. The number of aryl methyl sites for hydroxylation is 1. The van der Waals surface area contributed by atoms with E-state index in [4.69, 9.17) is 19.8 Å². The predicted molar refractivity (Wildman–Crippen MR) is 103 cm³/mol. The number of pyridine rings is 2. The number of carbonyl (C=O) groups is 2. The van der Waals surface area contributed by atoms with Crippen LogP contribution in [-0.2, 0) is 4.79 Å². The fraction of sp³-hybridized carbons (Fsp3) is 0.389. The van der Waals surface area contributed by atoms with Gasteiger partial charge in [0.2, 0.25) is 0 Å². The van der Waals surface area contributed by atoms with E-state index in [9.17, 15) is 32.3 Å². The van der Waals surface area contributed by atoms with Gasteiger partial charge >= 0.3 is 18.1 Å². The first-order chi connectivity index (χ1) is 14.4. The van der Waals surface area contributed by atoms with Crippen LogP contribution >= 0.6 is 11.9 Å². The van der Waals surface area contributed by atoms with Gasteiger partial charge in [-0.05, 0) is 37.3 Å². The van der Waals surface area contributed by atoms with Crippen molar-refractivity contribution in [3.8, 4) is 5.75 Å². The molecule has 1 aliphatic rings. The van der Waals surface area contributed by atoms with Crippen LogP contribution in [0, 0.1) is 12.7 Å². The van der Waals surface area contributed by atoms with Gasteiger partial charge in [-0.25, -0.2) is 14.0 Å². The highest BCUT2D eigenvalue weighted by molar-refractivity contribution is 7.97. The summed E-state index contributed by atoms with van der Waals surface area (Å²) in [5.41, 5.74) is 0.689. The lowest BCUT2D eigenvalue weighted by molar-refractivity contribution is -0.192. The van der Waals surface area contributed by atoms with Crippen molar-refractivity contribution in [2.75, 3.05) is 12.4 Å². The molecule has 0 radical (unpaired) electrons. The Morgan fingerprint density at radius 1 is 1.32 bits per heavy atom. The molecule has 1 saturated carbocycles. The van der Waals surface area contributed by atoms with Gasteiger partial charge in [-0.1, -0.05) is 11.9 Å². The number of carboxylic acid groups (broad SMARTS) is 2. The Balaban J connectivity index is 0.000000423. The van der Waals surface area contributed by atoms with Gasteiger partial charge in [0.1, 0.15) is 5.56 Å². The number of hydrogen-bond donors (Lipinski definition) is 3. The Kier molecular flexibility index (Phi) is 7.54. The van der Waals surface area contributed by atoms with Crippen LogP contribution < -0.4 is 15.4 Å². The summed E-state index contributed by atoms with van der Waals surface area (Å²) in [4.78, 5) is 32.6. The van der Waals surface area contributed by atoms with Gasteiger partial charge in [0.05, 0.1) is 18.3 Å². The molecule has 0 atom stereocenters. The zero-order valence-corrected chi connectivity index (χ0v) is 16.8. The molecule has 0 saturated heterocycles. The van der Waals surface area contributed by atoms with Crippen molar-refractivity contribution < 1.29 is 42.1 Å². The number of halogens is 4. The van der Waals surface area contributed by atoms with Crippen LogP contribution in [0.1, 0.15) is 40.2 Å². The van der Waals surface area contributed by atoms with E-state index in [1.165, 1.54) is 6.07 Å². The number of aliphatic carboxylic acids is 1. The molecule has 0 aliphatic heterocycles. The van der Waals surface area contributed by atoms with Crippen molar-refractivity contribution in [3.63, 3.8) is 0 Å². The average Bonchev–Trinajstić information content (AvgIpc) is 3.50. The maximum Gasteiger partial charge on any atom is 0.490 e. The maximum atomic E-state index is 14.4. The van der Waals surface area contributed by atoms with Crippen LogP contribution in [0.15, 0.2) is 17.1 Å². The Labute approximate surface area is 176 Å². The summed E-state index contributed by atoms with van der Waals surface area (Å²) >= 11 is 1.09. The molecule has 2 aromatic heterocycles. The van der Waals surface area contributed by atoms with Gasteiger partial charge in [0, 0.05) is 11.3 Å². The third-order valence-corrected chi connectivity index (χ3v) is 4.76. The van der Waals surface area contributed by atoms with E-state index in [1.54, 1.807) is 6.92 Å². The maximum absolute atomic E-state index is 14.4. The van der Waals surface area contributed by atoms with Gasteiger partial charge in [0.15, 0.2) is 11.6 Å². The SMILES string of the molecule is Cc1c(OCCSN)c(F)cn2c(=O)c(C(=O)O)cc(C3CC3)c12.O=C(O)C(F)(F)F. The van der Waals surface area contributed by atoms with Crippen molar-refractivity contribution in [2.24, 2.45) is 5.14 Å². The first-order valence-corrected chi connectivity index (χ1v) is 9.81. The number of aromatic nitrogens is 1. The third-order valence-electron chi connectivity index (χ3n) is 4.36. The van der Waals surface area contributed by atoms with Crippen molar-refractivity contribution >= 4 is 29.4 Å². The Morgan fingerprint density at radius 3 is 2.35 bits per heavy atom. The van der Waals surface area contributed by atoms with Crippen LogP contribution in [0.5, 0.6) is 5.75 Å². The topological polar surface area (TPSA) is 131 Å². The minimum Gasteiger partial charge on any atom is -0.489 e. The molecular formula is C18H18F4N2O6S. The van der Waals surface area contributed by atoms with E-state index in [0.29, 0.717) is 16.8 Å². The summed E-state index contributed by atoms with van der Waals surface area (Å²) in [5, 5.41) is 21.7. The summed E-state index contributed by atoms with van der Waals surface area (Å²) in [6.07, 6.45) is -2.23. The average molecular weight is 466 g/mol. The normalized spacial score (nSPS) is 13.5.